The third-order valence-electron chi connectivity index (χ3n) is 7.58. The van der Waals surface area contributed by atoms with E-state index in [1.54, 1.807) is 42.5 Å². The topological polar surface area (TPSA) is 115 Å². The van der Waals surface area contributed by atoms with Crippen molar-refractivity contribution in [3.05, 3.63) is 53.7 Å². The number of likely N-dealkylation sites (tertiary alicyclic amines) is 1. The van der Waals surface area contributed by atoms with Crippen LogP contribution in [0.1, 0.15) is 22.5 Å². The lowest BCUT2D eigenvalue weighted by atomic mass is 10.0. The Hall–Kier alpha value is -4.03. The second-order valence-electron chi connectivity index (χ2n) is 11.1. The number of fused-ring (bicyclic) bond motifs is 1. The van der Waals surface area contributed by atoms with Crippen LogP contribution >= 0.6 is 0 Å². The molecule has 14 heteroatoms. The summed E-state index contributed by atoms with van der Waals surface area (Å²) in [4.78, 5) is 14.5. The number of hydrogen-bond donors (Lipinski definition) is 4. The first-order valence-electron chi connectivity index (χ1n) is 15.4. The fourth-order valence-corrected chi connectivity index (χ4v) is 5.28. The number of methoxy groups -OCH3 is 1. The normalized spacial score (nSPS) is 16.8. The molecular formula is C33H42F4N6O4. The average Bonchev–Trinajstić information content (AvgIpc) is 3.38. The van der Waals surface area contributed by atoms with Crippen molar-refractivity contribution in [2.75, 3.05) is 83.9 Å². The first-order chi connectivity index (χ1) is 22.6. The minimum absolute atomic E-state index is 0.0893. The van der Waals surface area contributed by atoms with Gasteiger partial charge in [-0.15, -0.1) is 0 Å². The van der Waals surface area contributed by atoms with E-state index in [0.717, 1.165) is 11.1 Å². The van der Waals surface area contributed by atoms with E-state index in [1.807, 2.05) is 11.9 Å². The highest BCUT2D eigenvalue weighted by Crippen LogP contribution is 2.32. The van der Waals surface area contributed by atoms with Gasteiger partial charge >= 0.3 is 6.18 Å². The number of nitrogens with one attached hydrogen (secondary N) is 3. The molecule has 0 bridgehead atoms. The molecule has 0 unspecified atom stereocenters. The molecular weight excluding hydrogens is 620 g/mol. The zero-order chi connectivity index (χ0) is 33.8. The molecule has 1 amide bonds. The summed E-state index contributed by atoms with van der Waals surface area (Å²) in [5, 5.41) is 9.64. The molecule has 47 heavy (non-hydrogen) atoms. The van der Waals surface area contributed by atoms with E-state index in [1.165, 1.54) is 7.11 Å². The van der Waals surface area contributed by atoms with Crippen molar-refractivity contribution >= 4 is 28.2 Å². The van der Waals surface area contributed by atoms with Crippen LogP contribution < -0.4 is 26.4 Å². The van der Waals surface area contributed by atoms with E-state index >= 15 is 0 Å². The van der Waals surface area contributed by atoms with Gasteiger partial charge in [0.05, 0.1) is 63.0 Å². The molecule has 3 aromatic rings. The molecule has 0 spiro atoms. The van der Waals surface area contributed by atoms with E-state index in [2.05, 4.69) is 27.8 Å². The Labute approximate surface area is 271 Å². The molecule has 1 aliphatic heterocycles. The van der Waals surface area contributed by atoms with Gasteiger partial charge in [-0.25, -0.2) is 4.39 Å². The van der Waals surface area contributed by atoms with E-state index in [0.29, 0.717) is 79.5 Å². The maximum Gasteiger partial charge on any atom is 0.406 e. The second-order valence-corrected chi connectivity index (χ2v) is 11.1. The van der Waals surface area contributed by atoms with Crippen LogP contribution in [0.3, 0.4) is 0 Å². The predicted octanol–water partition coefficient (Wildman–Crippen LogP) is 3.85. The number of aromatic nitrogens is 1. The summed E-state index contributed by atoms with van der Waals surface area (Å²) in [7, 11) is 3.32. The first kappa shape index (κ1) is 35.8. The van der Waals surface area contributed by atoms with Crippen molar-refractivity contribution in [3.63, 3.8) is 0 Å². The van der Waals surface area contributed by atoms with Gasteiger partial charge in [-0.05, 0) is 55.8 Å². The van der Waals surface area contributed by atoms with Gasteiger partial charge in [-0.3, -0.25) is 4.79 Å². The number of benzene rings is 2. The molecule has 10 nitrogen and oxygen atoms in total. The van der Waals surface area contributed by atoms with Gasteiger partial charge in [0.25, 0.3) is 5.91 Å². The van der Waals surface area contributed by atoms with Gasteiger partial charge in [0.1, 0.15) is 18.5 Å². The number of nitrogens with zero attached hydrogens (tertiary/aromatic N) is 2. The van der Waals surface area contributed by atoms with Crippen molar-refractivity contribution < 1.29 is 36.6 Å². The number of ether oxygens (including phenoxy) is 3. The van der Waals surface area contributed by atoms with Crippen molar-refractivity contribution in [2.45, 2.75) is 31.4 Å². The number of amides is 1. The summed E-state index contributed by atoms with van der Waals surface area (Å²) in [6, 6.07) is 11.0. The molecule has 0 saturated carbocycles. The zero-order valence-corrected chi connectivity index (χ0v) is 26.6. The van der Waals surface area contributed by atoms with E-state index in [-0.39, 0.29) is 24.7 Å². The third-order valence-corrected chi connectivity index (χ3v) is 7.58. The summed E-state index contributed by atoms with van der Waals surface area (Å²) < 4.78 is 72.8. The number of nitrogens with two attached hydrogens (primary N) is 1. The minimum atomic E-state index is -4.48. The Morgan fingerprint density at radius 2 is 1.87 bits per heavy atom. The first-order valence-corrected chi connectivity index (χ1v) is 15.4. The van der Waals surface area contributed by atoms with Crippen LogP contribution in [0.15, 0.2) is 42.5 Å². The quantitative estimate of drug-likeness (QED) is 0.110. The van der Waals surface area contributed by atoms with Crippen molar-refractivity contribution in [1.29, 1.82) is 0 Å². The lowest BCUT2D eigenvalue weighted by molar-refractivity contribution is -0.140. The van der Waals surface area contributed by atoms with Crippen LogP contribution in [-0.4, -0.2) is 107 Å². The Morgan fingerprint density at radius 3 is 2.60 bits per heavy atom. The summed E-state index contributed by atoms with van der Waals surface area (Å²) in [5.41, 5.74) is 7.39. The van der Waals surface area contributed by atoms with Gasteiger partial charge < -0.3 is 45.4 Å². The molecule has 5 N–H and O–H groups in total. The van der Waals surface area contributed by atoms with E-state index < -0.39 is 24.9 Å². The molecule has 2 atom stereocenters. The van der Waals surface area contributed by atoms with Crippen molar-refractivity contribution in [2.24, 2.45) is 5.73 Å². The number of halogens is 4. The van der Waals surface area contributed by atoms with Gasteiger partial charge in [-0.1, -0.05) is 12.0 Å². The smallest absolute Gasteiger partial charge is 0.406 e. The van der Waals surface area contributed by atoms with Crippen LogP contribution in [0.4, 0.5) is 28.9 Å². The molecule has 2 aromatic carbocycles. The average molecular weight is 663 g/mol. The van der Waals surface area contributed by atoms with Crippen LogP contribution in [-0.2, 0) is 16.0 Å². The highest BCUT2D eigenvalue weighted by Gasteiger charge is 2.31. The lowest BCUT2D eigenvalue weighted by Crippen LogP contribution is -2.46. The maximum atomic E-state index is 14.7. The van der Waals surface area contributed by atoms with Crippen LogP contribution in [0, 0.1) is 11.8 Å². The molecule has 1 fully saturated rings. The monoisotopic (exact) mass is 662 g/mol. The molecule has 2 heterocycles. The van der Waals surface area contributed by atoms with Crippen molar-refractivity contribution in [3.8, 4) is 17.6 Å². The van der Waals surface area contributed by atoms with Gasteiger partial charge in [0.2, 0.25) is 0 Å². The number of piperidine rings is 1. The number of hydrogen-bond acceptors (Lipinski definition) is 8. The predicted molar refractivity (Wildman–Crippen MR) is 174 cm³/mol. The standard InChI is InChI=1S/C33H42F4N6O4/c1-42-14-10-28(26(34)21-42)41-27-6-3-7-30-25(27)20-24(43(30)22-33(35,36)37)5-4-12-39-29-9-8-23(19-31(29)45-2)32(44)40-13-16-47-18-17-46-15-11-38/h3,6-9,19-20,26,28,39,41H,10-18,21-22,38H2,1-2H3,(H,40,44)/t26-,28+/m0/s1. The number of rotatable bonds is 15. The Bertz CT molecular complexity index is 1540. The largest absolute Gasteiger partial charge is 0.495 e. The Kier molecular flexibility index (Phi) is 13.1. The summed E-state index contributed by atoms with van der Waals surface area (Å²) >= 11 is 0. The molecule has 0 aliphatic carbocycles. The molecule has 0 radical (unpaired) electrons. The fourth-order valence-electron chi connectivity index (χ4n) is 5.28. The number of carbonyl (C=O) groups is 1. The van der Waals surface area contributed by atoms with Crippen LogP contribution in [0.2, 0.25) is 0 Å². The highest BCUT2D eigenvalue weighted by atomic mass is 19.4. The lowest BCUT2D eigenvalue weighted by Gasteiger charge is -2.33. The number of alkyl halides is 4. The summed E-state index contributed by atoms with van der Waals surface area (Å²) in [6.45, 7) is 2.25. The molecule has 1 saturated heterocycles. The SMILES string of the molecule is COc1cc(C(=O)NCCOCCOCCN)ccc1NCC#Cc1cc2c(N[C@@H]3CCN(C)C[C@@H]3F)cccc2n1CC(F)(F)F. The Balaban J connectivity index is 1.41. The zero-order valence-electron chi connectivity index (χ0n) is 26.6. The van der Waals surface area contributed by atoms with Gasteiger partial charge in [0.15, 0.2) is 0 Å². The Morgan fingerprint density at radius 1 is 1.09 bits per heavy atom. The number of carbonyl (C=O) groups excluding carboxylic acids is 1. The van der Waals surface area contributed by atoms with Crippen LogP contribution in [0.5, 0.6) is 5.75 Å². The maximum absolute atomic E-state index is 14.7. The highest BCUT2D eigenvalue weighted by molar-refractivity contribution is 5.95. The second kappa shape index (κ2) is 17.2. The van der Waals surface area contributed by atoms with E-state index in [9.17, 15) is 22.4 Å². The fraction of sp³-hybridized carbons (Fsp3) is 0.485. The van der Waals surface area contributed by atoms with Gasteiger partial charge in [0, 0.05) is 42.8 Å². The minimum Gasteiger partial charge on any atom is -0.495 e. The van der Waals surface area contributed by atoms with E-state index in [4.69, 9.17) is 19.9 Å². The molecule has 1 aromatic heterocycles. The van der Waals surface area contributed by atoms with Crippen molar-refractivity contribution in [1.82, 2.24) is 14.8 Å². The third kappa shape index (κ3) is 10.5. The molecule has 1 aliphatic rings. The summed E-state index contributed by atoms with van der Waals surface area (Å²) in [6.07, 6.45) is -5.01. The number of anilines is 2. The molecule has 4 rings (SSSR count). The van der Waals surface area contributed by atoms with Gasteiger partial charge in [-0.2, -0.15) is 13.2 Å². The summed E-state index contributed by atoms with van der Waals surface area (Å²) in [5.74, 6) is 5.86. The molecule has 256 valence electrons. The van der Waals surface area contributed by atoms with Crippen LogP contribution in [0.25, 0.3) is 10.9 Å².